The third-order valence-corrected chi connectivity index (χ3v) is 4.88. The summed E-state index contributed by atoms with van der Waals surface area (Å²) in [7, 11) is 0. The van der Waals surface area contributed by atoms with Crippen molar-refractivity contribution in [3.63, 3.8) is 0 Å². The molecule has 3 N–H and O–H groups in total. The van der Waals surface area contributed by atoms with Gasteiger partial charge in [-0.05, 0) is 45.4 Å². The number of hydrogen-bond acceptors (Lipinski definition) is 4. The second-order valence-electron chi connectivity index (χ2n) is 7.53. The van der Waals surface area contributed by atoms with Gasteiger partial charge in [-0.15, -0.1) is 0 Å². The number of H-pyrrole nitrogens is 1. The van der Waals surface area contributed by atoms with Crippen molar-refractivity contribution < 1.29 is 23.1 Å². The summed E-state index contributed by atoms with van der Waals surface area (Å²) in [4.78, 5) is 19.8. The quantitative estimate of drug-likeness (QED) is 0.483. The van der Waals surface area contributed by atoms with Crippen LogP contribution in [0.5, 0.6) is 5.88 Å². The summed E-state index contributed by atoms with van der Waals surface area (Å²) in [6.07, 6.45) is -0.683. The number of aromatic nitrogens is 3. The van der Waals surface area contributed by atoms with Crippen LogP contribution in [0, 0.1) is 0 Å². The van der Waals surface area contributed by atoms with E-state index in [1.165, 1.54) is 18.2 Å². The second kappa shape index (κ2) is 8.44. The summed E-state index contributed by atoms with van der Waals surface area (Å²) in [5.74, 6) is -0.986. The third kappa shape index (κ3) is 4.73. The molecule has 10 heteroatoms. The van der Waals surface area contributed by atoms with Crippen molar-refractivity contribution in [3.8, 4) is 5.88 Å². The number of carbonyl (C=O) groups is 1. The molecular formula is C21H24F3N5O2. The molecule has 1 atom stereocenters. The van der Waals surface area contributed by atoms with Gasteiger partial charge in [0, 0.05) is 22.5 Å². The van der Waals surface area contributed by atoms with Gasteiger partial charge in [-0.3, -0.25) is 9.48 Å². The van der Waals surface area contributed by atoms with Gasteiger partial charge in [0.05, 0.1) is 23.7 Å². The maximum Gasteiger partial charge on any atom is 0.408 e. The van der Waals surface area contributed by atoms with Crippen molar-refractivity contribution in [2.24, 2.45) is 4.99 Å². The van der Waals surface area contributed by atoms with Gasteiger partial charge >= 0.3 is 6.18 Å². The fraction of sp³-hybridized carbons (Fsp3) is 0.381. The molecule has 0 saturated carbocycles. The van der Waals surface area contributed by atoms with Crippen LogP contribution in [0.4, 0.5) is 18.9 Å². The van der Waals surface area contributed by atoms with Crippen molar-refractivity contribution in [3.05, 3.63) is 41.7 Å². The highest BCUT2D eigenvalue weighted by molar-refractivity contribution is 6.14. The Morgan fingerprint density at radius 2 is 2.03 bits per heavy atom. The smallest absolute Gasteiger partial charge is 0.408 e. The Balaban J connectivity index is 2.01. The summed E-state index contributed by atoms with van der Waals surface area (Å²) >= 11 is 0. The summed E-state index contributed by atoms with van der Waals surface area (Å²) < 4.78 is 40.1. The Bertz CT molecular complexity index is 1130. The highest BCUT2D eigenvalue weighted by atomic mass is 19.4. The van der Waals surface area contributed by atoms with Gasteiger partial charge in [0.2, 0.25) is 0 Å². The Morgan fingerprint density at radius 1 is 1.32 bits per heavy atom. The van der Waals surface area contributed by atoms with Crippen LogP contribution in [0.1, 0.15) is 56.1 Å². The normalized spacial score (nSPS) is 13.7. The van der Waals surface area contributed by atoms with Crippen LogP contribution in [0.3, 0.4) is 0 Å². The summed E-state index contributed by atoms with van der Waals surface area (Å²) in [5, 5.41) is 17.2. The number of nitrogens with one attached hydrogen (secondary N) is 2. The summed E-state index contributed by atoms with van der Waals surface area (Å²) in [6.45, 7) is 6.71. The molecule has 0 bridgehead atoms. The number of rotatable bonds is 6. The fourth-order valence-electron chi connectivity index (χ4n) is 3.11. The van der Waals surface area contributed by atoms with Gasteiger partial charge in [0.1, 0.15) is 11.7 Å². The standard InChI is InChI=1S/C21H24F3N5O2/c1-5-16(27-14-9-25-29(10-14)11(2)3)18-15-8-13(6-7-17(15)28-20(18)31)19(30)26-12(4)21(22,23)24/h6-12,28,31H,5H2,1-4H3,(H,26,30)/t12-/m1/s1. The Morgan fingerprint density at radius 3 is 2.61 bits per heavy atom. The molecule has 0 aliphatic rings. The molecule has 3 rings (SSSR count). The molecule has 3 aromatic rings. The minimum absolute atomic E-state index is 0.0481. The molecule has 2 heterocycles. The zero-order valence-electron chi connectivity index (χ0n) is 17.6. The molecule has 0 fully saturated rings. The lowest BCUT2D eigenvalue weighted by Gasteiger charge is -2.17. The zero-order chi connectivity index (χ0) is 22.9. The van der Waals surface area contributed by atoms with E-state index < -0.39 is 18.1 Å². The van der Waals surface area contributed by atoms with Crippen LogP contribution in [0.25, 0.3) is 10.9 Å². The molecule has 0 aliphatic carbocycles. The third-order valence-electron chi connectivity index (χ3n) is 4.88. The van der Waals surface area contributed by atoms with Crippen LogP contribution >= 0.6 is 0 Å². The lowest BCUT2D eigenvalue weighted by atomic mass is 10.0. The van der Waals surface area contributed by atoms with Crippen LogP contribution < -0.4 is 5.32 Å². The van der Waals surface area contributed by atoms with Crippen LogP contribution in [0.2, 0.25) is 0 Å². The van der Waals surface area contributed by atoms with Crippen molar-refractivity contribution >= 4 is 28.2 Å². The number of nitrogens with zero attached hydrogens (tertiary/aromatic N) is 3. The van der Waals surface area contributed by atoms with Crippen molar-refractivity contribution in [2.75, 3.05) is 0 Å². The van der Waals surface area contributed by atoms with Crippen molar-refractivity contribution in [2.45, 2.75) is 52.4 Å². The Hall–Kier alpha value is -3.30. The van der Waals surface area contributed by atoms with Crippen LogP contribution in [-0.2, 0) is 0 Å². The molecule has 166 valence electrons. The van der Waals surface area contributed by atoms with E-state index in [9.17, 15) is 23.1 Å². The molecule has 2 aromatic heterocycles. The number of amides is 1. The summed E-state index contributed by atoms with van der Waals surface area (Å²) in [6, 6.07) is 2.56. The summed E-state index contributed by atoms with van der Waals surface area (Å²) in [5.41, 5.74) is 2.13. The maximum absolute atomic E-state index is 12.8. The van der Waals surface area contributed by atoms with Gasteiger partial charge in [0.15, 0.2) is 5.88 Å². The first-order chi connectivity index (χ1) is 14.5. The lowest BCUT2D eigenvalue weighted by molar-refractivity contribution is -0.149. The first kappa shape index (κ1) is 22.4. The number of benzene rings is 1. The molecule has 1 aromatic carbocycles. The first-order valence-electron chi connectivity index (χ1n) is 9.85. The molecule has 0 aliphatic heterocycles. The highest BCUT2D eigenvalue weighted by Crippen LogP contribution is 2.31. The Kier molecular flexibility index (Phi) is 6.10. The Labute approximate surface area is 177 Å². The van der Waals surface area contributed by atoms with E-state index >= 15 is 0 Å². The maximum atomic E-state index is 12.8. The molecule has 7 nitrogen and oxygen atoms in total. The largest absolute Gasteiger partial charge is 0.494 e. The molecular weight excluding hydrogens is 411 g/mol. The van der Waals surface area contributed by atoms with E-state index in [2.05, 4.69) is 15.1 Å². The van der Waals surface area contributed by atoms with Crippen LogP contribution in [0.15, 0.2) is 35.6 Å². The van der Waals surface area contributed by atoms with E-state index in [0.29, 0.717) is 34.3 Å². The van der Waals surface area contributed by atoms with Gasteiger partial charge in [-0.2, -0.15) is 18.3 Å². The zero-order valence-corrected chi connectivity index (χ0v) is 17.6. The second-order valence-corrected chi connectivity index (χ2v) is 7.53. The highest BCUT2D eigenvalue weighted by Gasteiger charge is 2.37. The van der Waals surface area contributed by atoms with E-state index in [1.807, 2.05) is 26.1 Å². The monoisotopic (exact) mass is 435 g/mol. The average molecular weight is 435 g/mol. The number of carbonyl (C=O) groups excluding carboxylic acids is 1. The van der Waals surface area contributed by atoms with Crippen LogP contribution in [-0.4, -0.2) is 43.7 Å². The lowest BCUT2D eigenvalue weighted by Crippen LogP contribution is -2.43. The number of alkyl halides is 3. The van der Waals surface area contributed by atoms with Gasteiger partial charge in [-0.25, -0.2) is 4.99 Å². The fourth-order valence-corrected chi connectivity index (χ4v) is 3.11. The van der Waals surface area contributed by atoms with Crippen molar-refractivity contribution in [1.82, 2.24) is 20.1 Å². The van der Waals surface area contributed by atoms with E-state index in [1.54, 1.807) is 17.1 Å². The van der Waals surface area contributed by atoms with Crippen molar-refractivity contribution in [1.29, 1.82) is 0 Å². The minimum Gasteiger partial charge on any atom is -0.494 e. The SMILES string of the molecule is CCC(=Nc1cnn(C(C)C)c1)c1c(O)[nH]c2ccc(C(=O)N[C@H](C)C(F)(F)F)cc12. The van der Waals surface area contributed by atoms with Gasteiger partial charge in [0.25, 0.3) is 5.91 Å². The number of hydrogen-bond donors (Lipinski definition) is 3. The van der Waals surface area contributed by atoms with Gasteiger partial charge < -0.3 is 15.4 Å². The molecule has 1 amide bonds. The molecule has 0 spiro atoms. The number of halogens is 3. The number of aromatic amines is 1. The predicted molar refractivity (Wildman–Crippen MR) is 112 cm³/mol. The van der Waals surface area contributed by atoms with E-state index in [4.69, 9.17) is 0 Å². The molecule has 0 unspecified atom stereocenters. The predicted octanol–water partition coefficient (Wildman–Crippen LogP) is 4.86. The van der Waals surface area contributed by atoms with Gasteiger partial charge in [-0.1, -0.05) is 6.92 Å². The molecule has 0 saturated heterocycles. The molecule has 31 heavy (non-hydrogen) atoms. The minimum atomic E-state index is -4.54. The molecule has 0 radical (unpaired) electrons. The number of aliphatic imine (C=N–C) groups is 1. The topological polar surface area (TPSA) is 95.3 Å². The van der Waals surface area contributed by atoms with E-state index in [-0.39, 0.29) is 17.5 Å². The number of fused-ring (bicyclic) bond motifs is 1. The first-order valence-corrected chi connectivity index (χ1v) is 9.85. The average Bonchev–Trinajstić information content (AvgIpc) is 3.28. The van der Waals surface area contributed by atoms with E-state index in [0.717, 1.165) is 6.92 Å². The number of aromatic hydroxyl groups is 1.